The Kier molecular flexibility index (Phi) is 4.92. The molecule has 1 amide bonds. The first-order valence-corrected chi connectivity index (χ1v) is 9.05. The molecule has 0 bridgehead atoms. The van der Waals surface area contributed by atoms with Crippen molar-refractivity contribution in [2.75, 3.05) is 41.3 Å². The second-order valence-electron chi connectivity index (χ2n) is 6.61. The lowest BCUT2D eigenvalue weighted by Crippen LogP contribution is -2.47. The van der Waals surface area contributed by atoms with E-state index in [-0.39, 0.29) is 11.7 Å². The van der Waals surface area contributed by atoms with Crippen LogP contribution in [0.15, 0.2) is 53.2 Å². The third-order valence-corrected chi connectivity index (χ3v) is 4.67. The minimum absolute atomic E-state index is 0.212. The van der Waals surface area contributed by atoms with Crippen LogP contribution in [0.3, 0.4) is 0 Å². The molecular weight excluding hydrogens is 361 g/mol. The number of carbonyl (C=O) groups excluding carboxylic acids is 1. The van der Waals surface area contributed by atoms with Crippen molar-refractivity contribution in [3.05, 3.63) is 65.8 Å². The molecule has 4 rings (SSSR count). The van der Waals surface area contributed by atoms with Crippen molar-refractivity contribution >= 4 is 23.2 Å². The van der Waals surface area contributed by atoms with E-state index >= 15 is 0 Å². The Labute approximate surface area is 161 Å². The van der Waals surface area contributed by atoms with Gasteiger partial charge in [-0.25, -0.2) is 9.37 Å². The van der Waals surface area contributed by atoms with Crippen LogP contribution in [0.2, 0.25) is 0 Å². The van der Waals surface area contributed by atoms with Crippen molar-refractivity contribution in [1.29, 1.82) is 0 Å². The molecule has 0 atom stereocenters. The lowest BCUT2D eigenvalue weighted by atomic mass is 10.2. The smallest absolute Gasteiger partial charge is 0.257 e. The molecule has 1 fully saturated rings. The first kappa shape index (κ1) is 18.0. The van der Waals surface area contributed by atoms with Crippen molar-refractivity contribution in [3.63, 3.8) is 0 Å². The van der Waals surface area contributed by atoms with Crippen molar-refractivity contribution in [3.8, 4) is 0 Å². The highest BCUT2D eigenvalue weighted by atomic mass is 19.1. The van der Waals surface area contributed by atoms with Gasteiger partial charge in [-0.05, 0) is 31.2 Å². The van der Waals surface area contributed by atoms with Gasteiger partial charge in [-0.15, -0.1) is 0 Å². The average Bonchev–Trinajstić information content (AvgIpc) is 3.13. The lowest BCUT2D eigenvalue weighted by molar-refractivity contribution is 0.102. The van der Waals surface area contributed by atoms with Crippen LogP contribution in [0.4, 0.5) is 21.7 Å². The number of hydrogen-bond donors (Lipinski definition) is 1. The number of carbonyl (C=O) groups is 1. The van der Waals surface area contributed by atoms with E-state index < -0.39 is 0 Å². The second kappa shape index (κ2) is 7.67. The van der Waals surface area contributed by atoms with Crippen molar-refractivity contribution in [1.82, 2.24) is 10.1 Å². The number of piperazine rings is 1. The molecule has 0 aliphatic carbocycles. The fraction of sp³-hybridized carbons (Fsp3) is 0.250. The number of amides is 1. The van der Waals surface area contributed by atoms with E-state index in [1.54, 1.807) is 43.5 Å². The van der Waals surface area contributed by atoms with E-state index in [0.29, 0.717) is 49.0 Å². The summed E-state index contributed by atoms with van der Waals surface area (Å²) in [5.41, 5.74) is 1.10. The lowest BCUT2D eigenvalue weighted by Gasteiger charge is -2.36. The summed E-state index contributed by atoms with van der Waals surface area (Å²) in [4.78, 5) is 20.9. The Morgan fingerprint density at radius 2 is 1.86 bits per heavy atom. The summed E-state index contributed by atoms with van der Waals surface area (Å²) in [5.74, 6) is 1.23. The summed E-state index contributed by atoms with van der Waals surface area (Å²) in [6, 6.07) is 11.9. The van der Waals surface area contributed by atoms with Crippen molar-refractivity contribution < 1.29 is 13.7 Å². The van der Waals surface area contributed by atoms with Gasteiger partial charge >= 0.3 is 0 Å². The largest absolute Gasteiger partial charge is 0.366 e. The molecule has 1 aliphatic rings. The molecule has 3 aromatic rings. The van der Waals surface area contributed by atoms with Gasteiger partial charge in [0.15, 0.2) is 5.82 Å². The van der Waals surface area contributed by atoms with Crippen LogP contribution >= 0.6 is 0 Å². The summed E-state index contributed by atoms with van der Waals surface area (Å²) in [6.45, 7) is 4.49. The Morgan fingerprint density at radius 1 is 1.11 bits per heavy atom. The summed E-state index contributed by atoms with van der Waals surface area (Å²) in [7, 11) is 0. The molecule has 1 aromatic carbocycles. The summed E-state index contributed by atoms with van der Waals surface area (Å²) >= 11 is 0. The SMILES string of the molecule is Cc1cc(NC(=O)c2ccnc(N3CCN(c4ccccc4F)CC3)c2)no1. The number of pyridine rings is 1. The van der Waals surface area contributed by atoms with Gasteiger partial charge < -0.3 is 19.6 Å². The molecule has 1 saturated heterocycles. The number of rotatable bonds is 4. The zero-order chi connectivity index (χ0) is 19.5. The molecule has 8 heteroatoms. The van der Waals surface area contributed by atoms with E-state index in [9.17, 15) is 9.18 Å². The topological polar surface area (TPSA) is 74.5 Å². The molecular formula is C20H20FN5O2. The highest BCUT2D eigenvalue weighted by molar-refractivity contribution is 6.04. The second-order valence-corrected chi connectivity index (χ2v) is 6.61. The minimum Gasteiger partial charge on any atom is -0.366 e. The van der Waals surface area contributed by atoms with Gasteiger partial charge in [0.2, 0.25) is 0 Å². The molecule has 28 heavy (non-hydrogen) atoms. The van der Waals surface area contributed by atoms with E-state index in [1.165, 1.54) is 6.07 Å². The summed E-state index contributed by atoms with van der Waals surface area (Å²) in [6.07, 6.45) is 1.61. The number of benzene rings is 1. The third-order valence-electron chi connectivity index (χ3n) is 4.67. The molecule has 1 N–H and O–H groups in total. The van der Waals surface area contributed by atoms with Gasteiger partial charge in [0, 0.05) is 44.0 Å². The van der Waals surface area contributed by atoms with Crippen LogP contribution in [0.25, 0.3) is 0 Å². The van der Waals surface area contributed by atoms with Crippen LogP contribution in [-0.2, 0) is 0 Å². The maximum atomic E-state index is 14.0. The number of para-hydroxylation sites is 1. The van der Waals surface area contributed by atoms with E-state index in [2.05, 4.69) is 20.4 Å². The molecule has 0 radical (unpaired) electrons. The highest BCUT2D eigenvalue weighted by Crippen LogP contribution is 2.22. The van der Waals surface area contributed by atoms with Crippen LogP contribution < -0.4 is 15.1 Å². The Balaban J connectivity index is 1.42. The number of nitrogens with zero attached hydrogens (tertiary/aromatic N) is 4. The fourth-order valence-corrected chi connectivity index (χ4v) is 3.23. The average molecular weight is 381 g/mol. The third kappa shape index (κ3) is 3.80. The number of nitrogens with one attached hydrogen (secondary N) is 1. The highest BCUT2D eigenvalue weighted by Gasteiger charge is 2.21. The van der Waals surface area contributed by atoms with Crippen LogP contribution in [-0.4, -0.2) is 42.2 Å². The molecule has 1 aliphatic heterocycles. The maximum Gasteiger partial charge on any atom is 0.257 e. The van der Waals surface area contributed by atoms with E-state index in [1.807, 2.05) is 11.0 Å². The van der Waals surface area contributed by atoms with Crippen molar-refractivity contribution in [2.24, 2.45) is 0 Å². The number of aryl methyl sites for hydroxylation is 1. The number of aromatic nitrogens is 2. The van der Waals surface area contributed by atoms with Crippen LogP contribution in [0.1, 0.15) is 16.1 Å². The Hall–Kier alpha value is -3.42. The first-order chi connectivity index (χ1) is 13.6. The fourth-order valence-electron chi connectivity index (χ4n) is 3.23. The monoisotopic (exact) mass is 381 g/mol. The molecule has 2 aromatic heterocycles. The molecule has 3 heterocycles. The van der Waals surface area contributed by atoms with Crippen LogP contribution in [0.5, 0.6) is 0 Å². The molecule has 0 unspecified atom stereocenters. The van der Waals surface area contributed by atoms with Gasteiger partial charge in [-0.2, -0.15) is 0 Å². The number of halogens is 1. The maximum absolute atomic E-state index is 14.0. The quantitative estimate of drug-likeness (QED) is 0.749. The van der Waals surface area contributed by atoms with Crippen molar-refractivity contribution in [2.45, 2.75) is 6.92 Å². The first-order valence-electron chi connectivity index (χ1n) is 9.05. The normalized spacial score (nSPS) is 14.2. The Morgan fingerprint density at radius 3 is 2.57 bits per heavy atom. The molecule has 144 valence electrons. The number of anilines is 3. The van der Waals surface area contributed by atoms with E-state index in [0.717, 1.165) is 5.82 Å². The van der Waals surface area contributed by atoms with Gasteiger partial charge in [-0.1, -0.05) is 17.3 Å². The summed E-state index contributed by atoms with van der Waals surface area (Å²) < 4.78 is 19.0. The van der Waals surface area contributed by atoms with Gasteiger partial charge in [0.1, 0.15) is 17.4 Å². The van der Waals surface area contributed by atoms with Gasteiger partial charge in [-0.3, -0.25) is 4.79 Å². The molecule has 0 spiro atoms. The minimum atomic E-state index is -0.276. The van der Waals surface area contributed by atoms with Crippen LogP contribution in [0, 0.1) is 12.7 Å². The van der Waals surface area contributed by atoms with E-state index in [4.69, 9.17) is 4.52 Å². The van der Waals surface area contributed by atoms with Gasteiger partial charge in [0.05, 0.1) is 5.69 Å². The molecule has 0 saturated carbocycles. The summed E-state index contributed by atoms with van der Waals surface area (Å²) in [5, 5.41) is 6.47. The standard InChI is InChI=1S/C20H20FN5O2/c1-14-12-18(24-28-14)23-20(27)15-6-7-22-19(13-15)26-10-8-25(9-11-26)17-5-3-2-4-16(17)21/h2-7,12-13H,8-11H2,1H3,(H,23,24,27). The predicted octanol–water partition coefficient (Wildman–Crippen LogP) is 3.10. The predicted molar refractivity (Wildman–Crippen MR) is 104 cm³/mol. The zero-order valence-electron chi connectivity index (χ0n) is 15.4. The Bertz CT molecular complexity index is 982. The number of hydrogen-bond acceptors (Lipinski definition) is 6. The zero-order valence-corrected chi connectivity index (χ0v) is 15.4. The van der Waals surface area contributed by atoms with Gasteiger partial charge in [0.25, 0.3) is 5.91 Å². The molecule has 7 nitrogen and oxygen atoms in total.